The van der Waals surface area contributed by atoms with E-state index in [1.165, 1.54) is 0 Å². The highest BCUT2D eigenvalue weighted by atomic mass is 28.4. The van der Waals surface area contributed by atoms with Crippen LogP contribution in [0, 0.1) is 5.92 Å². The van der Waals surface area contributed by atoms with Crippen LogP contribution in [0.15, 0.2) is 4.99 Å². The third-order valence-electron chi connectivity index (χ3n) is 4.72. The van der Waals surface area contributed by atoms with Gasteiger partial charge < -0.3 is 18.0 Å². The van der Waals surface area contributed by atoms with Gasteiger partial charge in [0.2, 0.25) is 6.08 Å². The molecule has 0 amide bonds. The van der Waals surface area contributed by atoms with E-state index in [1.54, 1.807) is 27.4 Å². The normalized spacial score (nSPS) is 29.4. The molecular formula is C14H25NO5Si. The van der Waals surface area contributed by atoms with Crippen LogP contribution in [-0.2, 0) is 22.8 Å². The predicted molar refractivity (Wildman–Crippen MR) is 78.7 cm³/mol. The van der Waals surface area contributed by atoms with E-state index in [4.69, 9.17) is 18.0 Å². The molecule has 4 unspecified atom stereocenters. The summed E-state index contributed by atoms with van der Waals surface area (Å²) in [7, 11) is 2.32. The lowest BCUT2D eigenvalue weighted by Gasteiger charge is -2.27. The third-order valence-corrected chi connectivity index (χ3v) is 7.56. The monoisotopic (exact) mass is 315 g/mol. The summed E-state index contributed by atoms with van der Waals surface area (Å²) in [6.07, 6.45) is 7.49. The molecule has 1 heterocycles. The molecule has 0 bridgehead atoms. The first-order chi connectivity index (χ1) is 10.2. The number of hydrogen-bond acceptors (Lipinski definition) is 6. The lowest BCUT2D eigenvalue weighted by atomic mass is 9.82. The van der Waals surface area contributed by atoms with E-state index in [2.05, 4.69) is 4.99 Å². The molecule has 21 heavy (non-hydrogen) atoms. The Morgan fingerprint density at radius 2 is 1.95 bits per heavy atom. The number of aliphatic imine (C=N–C) groups is 1. The Labute approximate surface area is 127 Å². The van der Waals surface area contributed by atoms with E-state index >= 15 is 0 Å². The Morgan fingerprint density at radius 1 is 1.24 bits per heavy atom. The highest BCUT2D eigenvalue weighted by molar-refractivity contribution is 6.60. The Hall–Kier alpha value is -0.563. The predicted octanol–water partition coefficient (Wildman–Crippen LogP) is 1.92. The van der Waals surface area contributed by atoms with E-state index in [0.717, 1.165) is 38.1 Å². The van der Waals surface area contributed by atoms with Crippen LogP contribution in [0.2, 0.25) is 6.04 Å². The lowest BCUT2D eigenvalue weighted by molar-refractivity contribution is 0.122. The van der Waals surface area contributed by atoms with Gasteiger partial charge in [-0.3, -0.25) is 0 Å². The summed E-state index contributed by atoms with van der Waals surface area (Å²) in [6, 6.07) is 0.765. The number of ether oxygens (including phenoxy) is 1. The van der Waals surface area contributed by atoms with Crippen molar-refractivity contribution in [3.63, 3.8) is 0 Å². The first-order valence-electron chi connectivity index (χ1n) is 7.56. The SMILES string of the molecule is CO[Si](CCCC(N=C=O)C1CCC2OC2C1)(OC)OC. The van der Waals surface area contributed by atoms with Crippen LogP contribution in [0.25, 0.3) is 0 Å². The van der Waals surface area contributed by atoms with Gasteiger partial charge in [0.15, 0.2) is 0 Å². The van der Waals surface area contributed by atoms with Crippen molar-refractivity contribution in [2.45, 2.75) is 56.4 Å². The average molecular weight is 315 g/mol. The largest absolute Gasteiger partial charge is 0.500 e. The third kappa shape index (κ3) is 4.22. The minimum Gasteiger partial charge on any atom is -0.377 e. The van der Waals surface area contributed by atoms with Crippen molar-refractivity contribution < 1.29 is 22.8 Å². The lowest BCUT2D eigenvalue weighted by Crippen LogP contribution is -2.42. The summed E-state index contributed by atoms with van der Waals surface area (Å²) in [5.41, 5.74) is 0. The highest BCUT2D eigenvalue weighted by Gasteiger charge is 2.46. The molecule has 2 aliphatic rings. The fourth-order valence-electron chi connectivity index (χ4n) is 3.34. The Morgan fingerprint density at radius 3 is 2.52 bits per heavy atom. The van der Waals surface area contributed by atoms with Gasteiger partial charge in [-0.2, -0.15) is 0 Å². The fourth-order valence-corrected chi connectivity index (χ4v) is 5.09. The van der Waals surface area contributed by atoms with Crippen LogP contribution in [0.1, 0.15) is 32.1 Å². The van der Waals surface area contributed by atoms with Crippen molar-refractivity contribution in [3.05, 3.63) is 0 Å². The minimum absolute atomic E-state index is 0.0323. The van der Waals surface area contributed by atoms with Crippen molar-refractivity contribution in [1.29, 1.82) is 0 Å². The quantitative estimate of drug-likeness (QED) is 0.281. The van der Waals surface area contributed by atoms with Crippen molar-refractivity contribution in [2.75, 3.05) is 21.3 Å². The van der Waals surface area contributed by atoms with E-state index < -0.39 is 8.80 Å². The maximum absolute atomic E-state index is 10.7. The van der Waals surface area contributed by atoms with Crippen LogP contribution in [0.4, 0.5) is 0 Å². The van der Waals surface area contributed by atoms with E-state index in [0.29, 0.717) is 18.1 Å². The topological polar surface area (TPSA) is 69.7 Å². The molecular weight excluding hydrogens is 290 g/mol. The summed E-state index contributed by atoms with van der Waals surface area (Å²) in [4.78, 5) is 14.7. The standard InChI is InChI=1S/C14H25NO5Si/c1-17-21(18-2,19-3)8-4-5-12(15-10-16)11-6-7-13-14(9-11)20-13/h11-14H,4-9H2,1-3H3. The zero-order valence-corrected chi connectivity index (χ0v) is 14.0. The van der Waals surface area contributed by atoms with E-state index in [9.17, 15) is 4.79 Å². The molecule has 4 atom stereocenters. The zero-order chi connectivity index (χ0) is 15.3. The van der Waals surface area contributed by atoms with Gasteiger partial charge in [-0.05, 0) is 38.0 Å². The summed E-state index contributed by atoms with van der Waals surface area (Å²) >= 11 is 0. The smallest absolute Gasteiger partial charge is 0.377 e. The van der Waals surface area contributed by atoms with Crippen molar-refractivity contribution in [2.24, 2.45) is 10.9 Å². The van der Waals surface area contributed by atoms with Crippen LogP contribution in [0.3, 0.4) is 0 Å². The van der Waals surface area contributed by atoms with Gasteiger partial charge in [0.25, 0.3) is 0 Å². The number of nitrogens with zero attached hydrogens (tertiary/aromatic N) is 1. The van der Waals surface area contributed by atoms with Crippen molar-refractivity contribution >= 4 is 14.9 Å². The summed E-state index contributed by atoms with van der Waals surface area (Å²) < 4.78 is 21.8. The number of fused-ring (bicyclic) bond motifs is 1. The summed E-state index contributed by atoms with van der Waals surface area (Å²) in [6.45, 7) is 0. The molecule has 1 saturated carbocycles. The molecule has 1 aliphatic carbocycles. The second-order valence-electron chi connectivity index (χ2n) is 5.76. The van der Waals surface area contributed by atoms with Crippen molar-refractivity contribution in [1.82, 2.24) is 0 Å². The molecule has 1 saturated heterocycles. The van der Waals surface area contributed by atoms with E-state index in [-0.39, 0.29) is 6.04 Å². The van der Waals surface area contributed by atoms with Gasteiger partial charge in [0.1, 0.15) is 0 Å². The maximum atomic E-state index is 10.7. The number of isocyanates is 1. The molecule has 0 aromatic heterocycles. The van der Waals surface area contributed by atoms with Gasteiger partial charge in [0, 0.05) is 27.4 Å². The molecule has 2 rings (SSSR count). The molecule has 1 aliphatic heterocycles. The van der Waals surface area contributed by atoms with Gasteiger partial charge in [-0.1, -0.05) is 0 Å². The van der Waals surface area contributed by atoms with Crippen LogP contribution < -0.4 is 0 Å². The molecule has 0 aromatic rings. The van der Waals surface area contributed by atoms with Crippen LogP contribution in [-0.4, -0.2) is 54.5 Å². The second kappa shape index (κ2) is 7.62. The molecule has 7 heteroatoms. The number of hydrogen-bond donors (Lipinski definition) is 0. The second-order valence-corrected chi connectivity index (χ2v) is 8.85. The van der Waals surface area contributed by atoms with Crippen molar-refractivity contribution in [3.8, 4) is 0 Å². The van der Waals surface area contributed by atoms with E-state index in [1.807, 2.05) is 0 Å². The first-order valence-corrected chi connectivity index (χ1v) is 9.49. The summed E-state index contributed by atoms with van der Waals surface area (Å²) in [5, 5.41) is 0. The summed E-state index contributed by atoms with van der Waals surface area (Å²) in [5.74, 6) is 0.430. The molecule has 0 radical (unpaired) electrons. The maximum Gasteiger partial charge on any atom is 0.500 e. The van der Waals surface area contributed by atoms with Crippen LogP contribution in [0.5, 0.6) is 0 Å². The molecule has 2 fully saturated rings. The number of rotatable bonds is 9. The zero-order valence-electron chi connectivity index (χ0n) is 13.0. The van der Waals surface area contributed by atoms with Gasteiger partial charge >= 0.3 is 8.80 Å². The molecule has 6 nitrogen and oxygen atoms in total. The highest BCUT2D eigenvalue weighted by Crippen LogP contribution is 2.42. The first kappa shape index (κ1) is 16.8. The Balaban J connectivity index is 1.83. The molecule has 120 valence electrons. The molecule has 0 aromatic carbocycles. The fraction of sp³-hybridized carbons (Fsp3) is 0.929. The van der Waals surface area contributed by atoms with Gasteiger partial charge in [-0.15, -0.1) is 0 Å². The molecule has 0 spiro atoms. The average Bonchev–Trinajstić information content (AvgIpc) is 3.29. The van der Waals surface area contributed by atoms with Gasteiger partial charge in [0.05, 0.1) is 18.2 Å². The van der Waals surface area contributed by atoms with Crippen LogP contribution >= 0.6 is 0 Å². The Bertz CT molecular complexity index is 375. The Kier molecular flexibility index (Phi) is 6.10. The number of epoxide rings is 1. The minimum atomic E-state index is -2.53. The van der Waals surface area contributed by atoms with Gasteiger partial charge in [-0.25, -0.2) is 9.79 Å². The molecule has 0 N–H and O–H groups in total. The number of carbonyl (C=O) groups excluding carboxylic acids is 1.